The van der Waals surface area contributed by atoms with Crippen molar-refractivity contribution in [3.63, 3.8) is 0 Å². The highest BCUT2D eigenvalue weighted by Gasteiger charge is 2.29. The van der Waals surface area contributed by atoms with Crippen LogP contribution in [0.2, 0.25) is 0 Å². The molecule has 2 aromatic carbocycles. The van der Waals surface area contributed by atoms with E-state index in [4.69, 9.17) is 9.47 Å². The van der Waals surface area contributed by atoms with Crippen LogP contribution >= 0.6 is 0 Å². The van der Waals surface area contributed by atoms with Crippen molar-refractivity contribution in [2.24, 2.45) is 0 Å². The molecular weight excluding hydrogens is 380 g/mol. The Morgan fingerprint density at radius 2 is 1.75 bits per heavy atom. The Bertz CT molecular complexity index is 983. The molecule has 1 heterocycles. The molecule has 7 nitrogen and oxygen atoms in total. The fraction of sp³-hybridized carbons (Fsp3) is 0.350. The van der Waals surface area contributed by atoms with Gasteiger partial charge in [0, 0.05) is 6.54 Å². The lowest BCUT2D eigenvalue weighted by atomic mass is 10.1. The Hall–Kier alpha value is -2.74. The molecule has 1 atom stereocenters. The lowest BCUT2D eigenvalue weighted by molar-refractivity contribution is -0.122. The van der Waals surface area contributed by atoms with Crippen molar-refractivity contribution >= 4 is 21.6 Å². The second-order valence-corrected chi connectivity index (χ2v) is 8.85. The second kappa shape index (κ2) is 7.71. The fourth-order valence-electron chi connectivity index (χ4n) is 3.27. The highest BCUT2D eigenvalue weighted by molar-refractivity contribution is 7.92. The van der Waals surface area contributed by atoms with E-state index in [1.165, 1.54) is 0 Å². The highest BCUT2D eigenvalue weighted by Crippen LogP contribution is 2.32. The normalized spacial score (nSPS) is 13.9. The maximum atomic E-state index is 12.7. The molecule has 1 N–H and O–H groups in total. The lowest BCUT2D eigenvalue weighted by Crippen LogP contribution is -2.47. The van der Waals surface area contributed by atoms with E-state index in [0.717, 1.165) is 27.3 Å². The number of carbonyl (C=O) groups is 1. The summed E-state index contributed by atoms with van der Waals surface area (Å²) >= 11 is 0. The molecule has 2 aromatic rings. The van der Waals surface area contributed by atoms with E-state index in [-0.39, 0.29) is 19.2 Å². The standard InChI is InChI=1S/C20H24N2O5S/c1-13-7-14(2)9-17(8-13)22(28(4,24)25)15(3)20(23)21-11-16-5-6-18-19(10-16)27-12-26-18/h5-10,15H,11-12H2,1-4H3,(H,21,23)/t15-/m0/s1. The van der Waals surface area contributed by atoms with Crippen LogP contribution in [0.15, 0.2) is 36.4 Å². The first-order valence-corrected chi connectivity index (χ1v) is 10.7. The number of amides is 1. The maximum Gasteiger partial charge on any atom is 0.243 e. The van der Waals surface area contributed by atoms with Crippen molar-refractivity contribution in [1.82, 2.24) is 5.32 Å². The molecule has 0 unspecified atom stereocenters. The van der Waals surface area contributed by atoms with Crippen LogP contribution in [0.1, 0.15) is 23.6 Å². The van der Waals surface area contributed by atoms with Crippen molar-refractivity contribution in [3.8, 4) is 11.5 Å². The monoisotopic (exact) mass is 404 g/mol. The minimum atomic E-state index is -3.65. The largest absolute Gasteiger partial charge is 0.454 e. The van der Waals surface area contributed by atoms with Gasteiger partial charge < -0.3 is 14.8 Å². The van der Waals surface area contributed by atoms with Crippen LogP contribution in [0, 0.1) is 13.8 Å². The Kier molecular flexibility index (Phi) is 5.51. The maximum absolute atomic E-state index is 12.7. The predicted molar refractivity (Wildman–Crippen MR) is 107 cm³/mol. The second-order valence-electron chi connectivity index (χ2n) is 6.99. The summed E-state index contributed by atoms with van der Waals surface area (Å²) in [5, 5.41) is 2.80. The summed E-state index contributed by atoms with van der Waals surface area (Å²) < 4.78 is 36.6. The van der Waals surface area contributed by atoms with E-state index in [0.29, 0.717) is 17.2 Å². The Labute approximate surface area is 165 Å². The van der Waals surface area contributed by atoms with Crippen molar-refractivity contribution in [3.05, 3.63) is 53.1 Å². The predicted octanol–water partition coefficient (Wildman–Crippen LogP) is 2.50. The first kappa shape index (κ1) is 20.0. The van der Waals surface area contributed by atoms with E-state index >= 15 is 0 Å². The molecule has 0 fully saturated rings. The van der Waals surface area contributed by atoms with Gasteiger partial charge in [-0.15, -0.1) is 0 Å². The number of nitrogens with one attached hydrogen (secondary N) is 1. The molecule has 0 saturated carbocycles. The number of anilines is 1. The van der Waals surface area contributed by atoms with E-state index in [1.54, 1.807) is 31.2 Å². The van der Waals surface area contributed by atoms with E-state index in [2.05, 4.69) is 5.32 Å². The number of sulfonamides is 1. The summed E-state index contributed by atoms with van der Waals surface area (Å²) in [6.45, 7) is 5.79. The van der Waals surface area contributed by atoms with Crippen LogP contribution in [0.25, 0.3) is 0 Å². The number of hydrogen-bond acceptors (Lipinski definition) is 5. The lowest BCUT2D eigenvalue weighted by Gasteiger charge is -2.28. The molecule has 1 amide bonds. The van der Waals surface area contributed by atoms with Crippen LogP contribution in [0.4, 0.5) is 5.69 Å². The molecule has 0 aromatic heterocycles. The summed E-state index contributed by atoms with van der Waals surface area (Å²) in [5.41, 5.74) is 3.17. The minimum absolute atomic E-state index is 0.182. The molecule has 8 heteroatoms. The minimum Gasteiger partial charge on any atom is -0.454 e. The van der Waals surface area contributed by atoms with E-state index in [9.17, 15) is 13.2 Å². The molecule has 0 spiro atoms. The zero-order valence-corrected chi connectivity index (χ0v) is 17.2. The van der Waals surface area contributed by atoms with Gasteiger partial charge in [0.1, 0.15) is 6.04 Å². The molecule has 3 rings (SSSR count). The first-order chi connectivity index (χ1) is 13.1. The van der Waals surface area contributed by atoms with Gasteiger partial charge in [-0.3, -0.25) is 9.10 Å². The van der Waals surface area contributed by atoms with E-state index in [1.807, 2.05) is 26.0 Å². The SMILES string of the molecule is Cc1cc(C)cc(N([C@@H](C)C(=O)NCc2ccc3c(c2)OCO3)S(C)(=O)=O)c1. The molecule has 1 aliphatic heterocycles. The van der Waals surface area contributed by atoms with Gasteiger partial charge >= 0.3 is 0 Å². The summed E-state index contributed by atoms with van der Waals surface area (Å²) in [6, 6.07) is 9.98. The van der Waals surface area contributed by atoms with Crippen molar-refractivity contribution in [1.29, 1.82) is 0 Å². The smallest absolute Gasteiger partial charge is 0.243 e. The number of hydrogen-bond donors (Lipinski definition) is 1. The third-order valence-corrected chi connectivity index (χ3v) is 5.69. The molecule has 28 heavy (non-hydrogen) atoms. The van der Waals surface area contributed by atoms with Gasteiger partial charge in [0.05, 0.1) is 11.9 Å². The van der Waals surface area contributed by atoms with Crippen LogP contribution in [-0.2, 0) is 21.4 Å². The van der Waals surface area contributed by atoms with Gasteiger partial charge in [0.15, 0.2) is 11.5 Å². The molecule has 0 bridgehead atoms. The molecule has 0 radical (unpaired) electrons. The van der Waals surface area contributed by atoms with Crippen LogP contribution in [-0.4, -0.2) is 33.4 Å². The topological polar surface area (TPSA) is 84.9 Å². The zero-order valence-electron chi connectivity index (χ0n) is 16.4. The number of aryl methyl sites for hydroxylation is 2. The summed E-state index contributed by atoms with van der Waals surface area (Å²) in [5.74, 6) is 0.913. The number of benzene rings is 2. The third kappa shape index (κ3) is 4.39. The number of ether oxygens (including phenoxy) is 2. The fourth-order valence-corrected chi connectivity index (χ4v) is 4.43. The first-order valence-electron chi connectivity index (χ1n) is 8.89. The van der Waals surface area contributed by atoms with Crippen molar-refractivity contribution < 1.29 is 22.7 Å². The van der Waals surface area contributed by atoms with Crippen molar-refractivity contribution in [2.75, 3.05) is 17.4 Å². The quantitative estimate of drug-likeness (QED) is 0.800. The van der Waals surface area contributed by atoms with Crippen molar-refractivity contribution in [2.45, 2.75) is 33.4 Å². The summed E-state index contributed by atoms with van der Waals surface area (Å²) in [7, 11) is -3.65. The molecule has 0 aliphatic carbocycles. The summed E-state index contributed by atoms with van der Waals surface area (Å²) in [6.07, 6.45) is 1.10. The Morgan fingerprint density at radius 3 is 2.39 bits per heavy atom. The average Bonchev–Trinajstić information content (AvgIpc) is 3.05. The van der Waals surface area contributed by atoms with E-state index < -0.39 is 16.1 Å². The van der Waals surface area contributed by atoms with Crippen LogP contribution in [0.3, 0.4) is 0 Å². The summed E-state index contributed by atoms with van der Waals surface area (Å²) in [4.78, 5) is 12.7. The Morgan fingerprint density at radius 1 is 1.11 bits per heavy atom. The van der Waals surface area contributed by atoms with Crippen LogP contribution in [0.5, 0.6) is 11.5 Å². The average molecular weight is 404 g/mol. The van der Waals surface area contributed by atoms with Gasteiger partial charge in [0.2, 0.25) is 22.7 Å². The number of carbonyl (C=O) groups excluding carboxylic acids is 1. The molecule has 0 saturated heterocycles. The number of nitrogens with zero attached hydrogens (tertiary/aromatic N) is 1. The van der Waals surface area contributed by atoms with Gasteiger partial charge in [-0.1, -0.05) is 12.1 Å². The molecule has 1 aliphatic rings. The number of fused-ring (bicyclic) bond motifs is 1. The zero-order chi connectivity index (χ0) is 20.5. The van der Waals surface area contributed by atoms with Gasteiger partial charge in [-0.2, -0.15) is 0 Å². The Balaban J connectivity index is 1.77. The molecule has 150 valence electrons. The third-order valence-electron chi connectivity index (χ3n) is 4.45. The number of rotatable bonds is 6. The van der Waals surface area contributed by atoms with Crippen LogP contribution < -0.4 is 19.1 Å². The van der Waals surface area contributed by atoms with Gasteiger partial charge in [-0.05, 0) is 61.7 Å². The highest BCUT2D eigenvalue weighted by atomic mass is 32.2. The molecular formula is C20H24N2O5S. The van der Waals surface area contributed by atoms with Gasteiger partial charge in [0.25, 0.3) is 0 Å². The van der Waals surface area contributed by atoms with Gasteiger partial charge in [-0.25, -0.2) is 8.42 Å².